The number of allylic oxidation sites excluding steroid dienone is 1. The number of rotatable bonds is 10. The highest BCUT2D eigenvalue weighted by atomic mass is 16.2. The van der Waals surface area contributed by atoms with Crippen molar-refractivity contribution in [2.75, 3.05) is 0 Å². The second-order valence-corrected chi connectivity index (χ2v) is 4.62. The van der Waals surface area contributed by atoms with Gasteiger partial charge in [-0.25, -0.2) is 0 Å². The largest absolute Gasteiger partial charge is 0.516 e. The minimum absolute atomic E-state index is 0.889. The van der Waals surface area contributed by atoms with Crippen LogP contribution in [0, 0.1) is 5.92 Å². The maximum atomic E-state index is 8.46. The molecule has 1 heteroatoms. The lowest BCUT2D eigenvalue weighted by Gasteiger charge is -2.10. The smallest absolute Gasteiger partial charge is 0.0751 e. The lowest BCUT2D eigenvalue weighted by Crippen LogP contribution is -1.94. The Morgan fingerprint density at radius 3 is 2.27 bits per heavy atom. The summed E-state index contributed by atoms with van der Waals surface area (Å²) >= 11 is 0. The molecule has 0 amide bonds. The van der Waals surface area contributed by atoms with Gasteiger partial charge in [0.05, 0.1) is 6.26 Å². The van der Waals surface area contributed by atoms with Crippen LogP contribution in [0.15, 0.2) is 12.3 Å². The van der Waals surface area contributed by atoms with Gasteiger partial charge in [-0.2, -0.15) is 0 Å². The minimum atomic E-state index is 0.889. The molecule has 0 spiro atoms. The molecule has 0 aliphatic rings. The Morgan fingerprint density at radius 1 is 1.00 bits per heavy atom. The Kier molecular flexibility index (Phi) is 11.3. The van der Waals surface area contributed by atoms with Crippen LogP contribution >= 0.6 is 0 Å². The van der Waals surface area contributed by atoms with E-state index >= 15 is 0 Å². The van der Waals surface area contributed by atoms with Crippen molar-refractivity contribution in [1.82, 2.24) is 0 Å². The van der Waals surface area contributed by atoms with Crippen molar-refractivity contribution in [3.63, 3.8) is 0 Å². The van der Waals surface area contributed by atoms with Gasteiger partial charge >= 0.3 is 0 Å². The van der Waals surface area contributed by atoms with Gasteiger partial charge in [-0.05, 0) is 18.8 Å². The summed E-state index contributed by atoms with van der Waals surface area (Å²) in [5.74, 6) is 0.889. The first kappa shape index (κ1) is 14.5. The fraction of sp³-hybridized carbons (Fsp3) is 0.857. The van der Waals surface area contributed by atoms with Gasteiger partial charge in [0.1, 0.15) is 0 Å². The number of unbranched alkanes of at least 4 members (excludes halogenated alkanes) is 5. The Morgan fingerprint density at radius 2 is 1.67 bits per heavy atom. The van der Waals surface area contributed by atoms with E-state index in [4.69, 9.17) is 5.11 Å². The van der Waals surface area contributed by atoms with Crippen LogP contribution in [0.2, 0.25) is 0 Å². The van der Waals surface area contributed by atoms with Crippen molar-refractivity contribution in [3.8, 4) is 0 Å². The molecule has 0 aromatic rings. The number of aliphatic hydroxyl groups is 1. The highest BCUT2D eigenvalue weighted by Crippen LogP contribution is 2.16. The predicted octanol–water partition coefficient (Wildman–Crippen LogP) is 5.23. The van der Waals surface area contributed by atoms with Crippen LogP contribution < -0.4 is 0 Å². The lowest BCUT2D eigenvalue weighted by atomic mass is 9.96. The first-order valence-corrected chi connectivity index (χ1v) is 6.60. The molecule has 15 heavy (non-hydrogen) atoms. The van der Waals surface area contributed by atoms with Gasteiger partial charge in [0.25, 0.3) is 0 Å². The first-order chi connectivity index (χ1) is 7.31. The fourth-order valence-electron chi connectivity index (χ4n) is 1.89. The molecule has 0 saturated heterocycles. The Balaban J connectivity index is 3.14. The van der Waals surface area contributed by atoms with Gasteiger partial charge in [0.2, 0.25) is 0 Å². The Bertz CT molecular complexity index is 140. The molecule has 0 rings (SSSR count). The van der Waals surface area contributed by atoms with Gasteiger partial charge in [0, 0.05) is 0 Å². The number of aliphatic hydroxyl groups excluding tert-OH is 1. The third-order valence-electron chi connectivity index (χ3n) is 2.97. The number of hydrogen-bond donors (Lipinski definition) is 1. The van der Waals surface area contributed by atoms with Crippen LogP contribution in [-0.4, -0.2) is 5.11 Å². The maximum absolute atomic E-state index is 8.46. The predicted molar refractivity (Wildman–Crippen MR) is 68.2 cm³/mol. The summed E-state index contributed by atoms with van der Waals surface area (Å²) in [6, 6.07) is 0. The van der Waals surface area contributed by atoms with E-state index in [9.17, 15) is 0 Å². The average molecular weight is 212 g/mol. The van der Waals surface area contributed by atoms with Gasteiger partial charge in [-0.1, -0.05) is 64.9 Å². The Labute approximate surface area is 95.6 Å². The third-order valence-corrected chi connectivity index (χ3v) is 2.97. The fourth-order valence-corrected chi connectivity index (χ4v) is 1.89. The molecular formula is C14H28O. The van der Waals surface area contributed by atoms with Crippen LogP contribution in [0.25, 0.3) is 0 Å². The Hall–Kier alpha value is -0.460. The molecule has 0 fully saturated rings. The maximum Gasteiger partial charge on any atom is 0.0751 e. The molecule has 0 aromatic heterocycles. The van der Waals surface area contributed by atoms with Crippen LogP contribution in [-0.2, 0) is 0 Å². The molecular weight excluding hydrogens is 184 g/mol. The molecule has 1 unspecified atom stereocenters. The quantitative estimate of drug-likeness (QED) is 0.388. The van der Waals surface area contributed by atoms with E-state index in [1.165, 1.54) is 51.4 Å². The van der Waals surface area contributed by atoms with Gasteiger partial charge in [-0.15, -0.1) is 0 Å². The van der Waals surface area contributed by atoms with E-state index in [0.29, 0.717) is 0 Å². The topological polar surface area (TPSA) is 20.2 Å². The summed E-state index contributed by atoms with van der Waals surface area (Å²) in [4.78, 5) is 0. The van der Waals surface area contributed by atoms with Crippen molar-refractivity contribution in [1.29, 1.82) is 0 Å². The zero-order valence-electron chi connectivity index (χ0n) is 10.5. The highest BCUT2D eigenvalue weighted by molar-refractivity contribution is 4.71. The van der Waals surface area contributed by atoms with Crippen LogP contribution in [0.4, 0.5) is 0 Å². The van der Waals surface area contributed by atoms with Crippen molar-refractivity contribution in [2.24, 2.45) is 5.92 Å². The van der Waals surface area contributed by atoms with E-state index < -0.39 is 0 Å². The molecule has 1 N–H and O–H groups in total. The van der Waals surface area contributed by atoms with Gasteiger partial charge < -0.3 is 5.11 Å². The summed E-state index contributed by atoms with van der Waals surface area (Å²) in [5.41, 5.74) is 0. The van der Waals surface area contributed by atoms with E-state index in [-0.39, 0.29) is 0 Å². The second kappa shape index (κ2) is 11.6. The molecule has 0 heterocycles. The first-order valence-electron chi connectivity index (χ1n) is 6.60. The second-order valence-electron chi connectivity index (χ2n) is 4.62. The zero-order chi connectivity index (χ0) is 11.4. The molecule has 1 atom stereocenters. The summed E-state index contributed by atoms with van der Waals surface area (Å²) < 4.78 is 0. The van der Waals surface area contributed by atoms with Crippen molar-refractivity contribution >= 4 is 0 Å². The van der Waals surface area contributed by atoms with Crippen molar-refractivity contribution in [3.05, 3.63) is 12.3 Å². The summed E-state index contributed by atoms with van der Waals surface area (Å²) in [5, 5.41) is 8.46. The monoisotopic (exact) mass is 212 g/mol. The van der Waals surface area contributed by atoms with Crippen LogP contribution in [0.3, 0.4) is 0 Å². The van der Waals surface area contributed by atoms with E-state index in [0.717, 1.165) is 18.6 Å². The van der Waals surface area contributed by atoms with E-state index in [1.54, 1.807) is 0 Å². The SMILES string of the molecule is CCCCCCC(C)CCCC/C=C/O. The highest BCUT2D eigenvalue weighted by Gasteiger charge is 2.01. The van der Waals surface area contributed by atoms with Crippen molar-refractivity contribution in [2.45, 2.75) is 71.6 Å². The van der Waals surface area contributed by atoms with Gasteiger partial charge in [0.15, 0.2) is 0 Å². The molecule has 0 saturated carbocycles. The van der Waals surface area contributed by atoms with E-state index in [2.05, 4.69) is 13.8 Å². The summed E-state index contributed by atoms with van der Waals surface area (Å²) in [6.07, 6.45) is 14.9. The third kappa shape index (κ3) is 11.5. The van der Waals surface area contributed by atoms with Gasteiger partial charge in [-0.3, -0.25) is 0 Å². The standard InChI is InChI=1S/C14H28O/c1-3-4-5-8-11-14(2)12-9-6-7-10-13-15/h10,13-15H,3-9,11-12H2,1-2H3/b13-10+. The van der Waals surface area contributed by atoms with E-state index in [1.807, 2.05) is 6.08 Å². The number of hydrogen-bond acceptors (Lipinski definition) is 1. The summed E-state index contributed by atoms with van der Waals surface area (Å²) in [7, 11) is 0. The minimum Gasteiger partial charge on any atom is -0.516 e. The van der Waals surface area contributed by atoms with Crippen LogP contribution in [0.5, 0.6) is 0 Å². The summed E-state index contributed by atoms with van der Waals surface area (Å²) in [6.45, 7) is 4.63. The molecule has 0 aliphatic carbocycles. The molecule has 90 valence electrons. The average Bonchev–Trinajstić information content (AvgIpc) is 2.24. The zero-order valence-corrected chi connectivity index (χ0v) is 10.5. The molecule has 0 bridgehead atoms. The lowest BCUT2D eigenvalue weighted by molar-refractivity contribution is 0.439. The normalized spacial score (nSPS) is 13.5. The van der Waals surface area contributed by atoms with Crippen LogP contribution in [0.1, 0.15) is 71.6 Å². The molecule has 0 aliphatic heterocycles. The van der Waals surface area contributed by atoms with Crippen molar-refractivity contribution < 1.29 is 5.11 Å². The molecule has 1 nitrogen and oxygen atoms in total. The molecule has 0 aromatic carbocycles. The molecule has 0 radical (unpaired) electrons.